The Kier molecular flexibility index (Phi) is 2.84. The van der Waals surface area contributed by atoms with Gasteiger partial charge in [0.05, 0.1) is 17.5 Å². The van der Waals surface area contributed by atoms with Gasteiger partial charge in [-0.25, -0.2) is 4.98 Å². The molecule has 0 amide bonds. The zero-order valence-electron chi connectivity index (χ0n) is 12.4. The van der Waals surface area contributed by atoms with Crippen molar-refractivity contribution in [2.24, 2.45) is 0 Å². The molecule has 5 nitrogen and oxygen atoms in total. The van der Waals surface area contributed by atoms with Crippen LogP contribution in [0.1, 0.15) is 24.3 Å². The van der Waals surface area contributed by atoms with Gasteiger partial charge in [-0.15, -0.1) is 0 Å². The second kappa shape index (κ2) is 4.74. The maximum Gasteiger partial charge on any atom is 0.231 e. The van der Waals surface area contributed by atoms with Gasteiger partial charge in [0.1, 0.15) is 5.65 Å². The third kappa shape index (κ3) is 1.94. The average Bonchev–Trinajstić information content (AvgIpc) is 3.09. The van der Waals surface area contributed by atoms with Crippen LogP contribution in [0.4, 0.5) is 0 Å². The molecule has 3 aromatic rings. The van der Waals surface area contributed by atoms with Crippen LogP contribution in [0.25, 0.3) is 16.9 Å². The van der Waals surface area contributed by atoms with Gasteiger partial charge in [-0.2, -0.15) is 0 Å². The van der Waals surface area contributed by atoms with Gasteiger partial charge in [0.15, 0.2) is 11.5 Å². The van der Waals surface area contributed by atoms with Crippen molar-refractivity contribution in [2.45, 2.75) is 20.0 Å². The Morgan fingerprint density at radius 2 is 2.00 bits per heavy atom. The van der Waals surface area contributed by atoms with Crippen LogP contribution in [-0.4, -0.2) is 21.3 Å². The normalized spacial score (nSPS) is 14.5. The lowest BCUT2D eigenvalue weighted by molar-refractivity contribution is 0.174. The van der Waals surface area contributed by atoms with Crippen LogP contribution in [0.2, 0.25) is 0 Å². The highest BCUT2D eigenvalue weighted by Crippen LogP contribution is 2.37. The van der Waals surface area contributed by atoms with Crippen LogP contribution in [0, 0.1) is 6.92 Å². The summed E-state index contributed by atoms with van der Waals surface area (Å²) >= 11 is 0. The molecule has 1 aliphatic heterocycles. The van der Waals surface area contributed by atoms with Crippen LogP contribution < -0.4 is 9.47 Å². The maximum atomic E-state index is 10.2. The number of rotatable bonds is 2. The van der Waals surface area contributed by atoms with E-state index in [9.17, 15) is 5.11 Å². The first kappa shape index (κ1) is 13.2. The zero-order chi connectivity index (χ0) is 15.3. The second-order valence-corrected chi connectivity index (χ2v) is 5.52. The molecule has 5 heteroatoms. The van der Waals surface area contributed by atoms with Crippen LogP contribution in [0.3, 0.4) is 0 Å². The highest BCUT2D eigenvalue weighted by Gasteiger charge is 2.21. The fraction of sp³-hybridized carbons (Fsp3) is 0.235. The van der Waals surface area contributed by atoms with Gasteiger partial charge in [-0.1, -0.05) is 6.07 Å². The minimum absolute atomic E-state index is 0.242. The zero-order valence-corrected chi connectivity index (χ0v) is 12.4. The molecule has 1 aliphatic rings. The number of benzene rings is 1. The molecule has 1 N–H and O–H groups in total. The molecule has 3 heterocycles. The van der Waals surface area contributed by atoms with Crippen LogP contribution >= 0.6 is 0 Å². The number of aliphatic hydroxyl groups is 1. The van der Waals surface area contributed by atoms with Gasteiger partial charge in [0.25, 0.3) is 0 Å². The Hall–Kier alpha value is -2.53. The van der Waals surface area contributed by atoms with Crippen molar-refractivity contribution in [3.63, 3.8) is 0 Å². The van der Waals surface area contributed by atoms with E-state index in [2.05, 4.69) is 4.98 Å². The Labute approximate surface area is 127 Å². The fourth-order valence-electron chi connectivity index (χ4n) is 2.82. The van der Waals surface area contributed by atoms with E-state index < -0.39 is 6.10 Å². The molecule has 0 radical (unpaired) electrons. The molecule has 0 fully saturated rings. The molecule has 0 aliphatic carbocycles. The summed E-state index contributed by atoms with van der Waals surface area (Å²) in [5.41, 5.74) is 4.37. The standard InChI is InChI=1S/C17H16N2O3/c1-10-3-6-15-18-16(17(11(2)20)19(15)8-10)12-4-5-13-14(7-12)22-9-21-13/h3-8,11,20H,9H2,1-2H3. The topological polar surface area (TPSA) is 56.0 Å². The highest BCUT2D eigenvalue weighted by molar-refractivity contribution is 5.70. The molecule has 0 saturated heterocycles. The number of aliphatic hydroxyl groups excluding tert-OH is 1. The summed E-state index contributed by atoms with van der Waals surface area (Å²) < 4.78 is 12.7. The van der Waals surface area contributed by atoms with E-state index in [1.165, 1.54) is 0 Å². The molecule has 4 rings (SSSR count). The van der Waals surface area contributed by atoms with Gasteiger partial charge < -0.3 is 19.0 Å². The number of hydrogen-bond donors (Lipinski definition) is 1. The largest absolute Gasteiger partial charge is 0.454 e. The number of imidazole rings is 1. The van der Waals surface area contributed by atoms with Gasteiger partial charge in [0, 0.05) is 11.8 Å². The summed E-state index contributed by atoms with van der Waals surface area (Å²) in [6.45, 7) is 4.01. The van der Waals surface area contributed by atoms with Crippen molar-refractivity contribution >= 4 is 5.65 Å². The van der Waals surface area contributed by atoms with Crippen molar-refractivity contribution in [3.05, 3.63) is 47.8 Å². The third-order valence-electron chi connectivity index (χ3n) is 3.85. The smallest absolute Gasteiger partial charge is 0.231 e. The summed E-state index contributed by atoms with van der Waals surface area (Å²) in [5, 5.41) is 10.2. The van der Waals surface area contributed by atoms with Gasteiger partial charge in [-0.05, 0) is 43.7 Å². The molecule has 1 unspecified atom stereocenters. The van der Waals surface area contributed by atoms with Crippen LogP contribution in [0.15, 0.2) is 36.5 Å². The van der Waals surface area contributed by atoms with E-state index in [-0.39, 0.29) is 6.79 Å². The van der Waals surface area contributed by atoms with Crippen molar-refractivity contribution in [1.82, 2.24) is 9.38 Å². The van der Waals surface area contributed by atoms with Crippen molar-refractivity contribution < 1.29 is 14.6 Å². The Balaban J connectivity index is 1.96. The number of pyridine rings is 1. The fourth-order valence-corrected chi connectivity index (χ4v) is 2.82. The summed E-state index contributed by atoms with van der Waals surface area (Å²) in [4.78, 5) is 4.68. The Morgan fingerprint density at radius 3 is 2.82 bits per heavy atom. The van der Waals surface area contributed by atoms with E-state index in [1.807, 2.05) is 47.9 Å². The number of ether oxygens (including phenoxy) is 2. The molecule has 112 valence electrons. The van der Waals surface area contributed by atoms with Gasteiger partial charge in [0.2, 0.25) is 6.79 Å². The Morgan fingerprint density at radius 1 is 1.18 bits per heavy atom. The van der Waals surface area contributed by atoms with Gasteiger partial charge in [-0.3, -0.25) is 0 Å². The average molecular weight is 296 g/mol. The van der Waals surface area contributed by atoms with E-state index in [0.29, 0.717) is 5.75 Å². The molecule has 2 aromatic heterocycles. The lowest BCUT2D eigenvalue weighted by Crippen LogP contribution is -1.99. The second-order valence-electron chi connectivity index (χ2n) is 5.52. The lowest BCUT2D eigenvalue weighted by atomic mass is 10.1. The maximum absolute atomic E-state index is 10.2. The first-order valence-corrected chi connectivity index (χ1v) is 7.20. The van der Waals surface area contributed by atoms with Crippen LogP contribution in [-0.2, 0) is 0 Å². The molecule has 1 atom stereocenters. The van der Waals surface area contributed by atoms with Gasteiger partial charge >= 0.3 is 0 Å². The number of hydrogen-bond acceptors (Lipinski definition) is 4. The Bertz CT molecular complexity index is 868. The summed E-state index contributed by atoms with van der Waals surface area (Å²) in [6.07, 6.45) is 1.36. The molecular weight excluding hydrogens is 280 g/mol. The molecule has 1 aromatic carbocycles. The van der Waals surface area contributed by atoms with E-state index >= 15 is 0 Å². The SMILES string of the molecule is Cc1ccc2nc(-c3ccc4c(c3)OCO4)c(C(C)O)n2c1. The summed E-state index contributed by atoms with van der Waals surface area (Å²) in [5.74, 6) is 1.45. The number of aromatic nitrogens is 2. The van der Waals surface area contributed by atoms with Crippen molar-refractivity contribution in [2.75, 3.05) is 6.79 Å². The van der Waals surface area contributed by atoms with Crippen molar-refractivity contribution in [1.29, 1.82) is 0 Å². The quantitative estimate of drug-likeness (QED) is 0.789. The van der Waals surface area contributed by atoms with Crippen molar-refractivity contribution in [3.8, 4) is 22.8 Å². The van der Waals surface area contributed by atoms with E-state index in [4.69, 9.17) is 9.47 Å². The summed E-state index contributed by atoms with van der Waals surface area (Å²) in [6, 6.07) is 9.69. The number of aryl methyl sites for hydroxylation is 1. The van der Waals surface area contributed by atoms with E-state index in [0.717, 1.165) is 33.9 Å². The third-order valence-corrected chi connectivity index (χ3v) is 3.85. The monoisotopic (exact) mass is 296 g/mol. The first-order valence-electron chi connectivity index (χ1n) is 7.20. The summed E-state index contributed by atoms with van der Waals surface area (Å²) in [7, 11) is 0. The highest BCUT2D eigenvalue weighted by atomic mass is 16.7. The molecule has 22 heavy (non-hydrogen) atoms. The molecular formula is C17H16N2O3. The van der Waals surface area contributed by atoms with Crippen LogP contribution in [0.5, 0.6) is 11.5 Å². The predicted octanol–water partition coefficient (Wildman–Crippen LogP) is 3.09. The number of nitrogens with zero attached hydrogens (tertiary/aromatic N) is 2. The molecule has 0 bridgehead atoms. The lowest BCUT2D eigenvalue weighted by Gasteiger charge is -2.09. The first-order chi connectivity index (χ1) is 10.6. The minimum Gasteiger partial charge on any atom is -0.454 e. The molecule has 0 spiro atoms. The predicted molar refractivity (Wildman–Crippen MR) is 82.1 cm³/mol. The minimum atomic E-state index is -0.628. The number of fused-ring (bicyclic) bond motifs is 2. The molecule has 0 saturated carbocycles. The van der Waals surface area contributed by atoms with E-state index in [1.54, 1.807) is 6.92 Å².